The third-order valence-electron chi connectivity index (χ3n) is 1.99. The van der Waals surface area contributed by atoms with Crippen molar-refractivity contribution in [3.63, 3.8) is 0 Å². The summed E-state index contributed by atoms with van der Waals surface area (Å²) in [5.41, 5.74) is 6.39. The fourth-order valence-electron chi connectivity index (χ4n) is 1.28. The molecule has 0 bridgehead atoms. The van der Waals surface area contributed by atoms with E-state index in [9.17, 15) is 4.79 Å². The average Bonchev–Trinajstić information content (AvgIpc) is 2.14. The molecule has 4 nitrogen and oxygen atoms in total. The Balaban J connectivity index is 2.93. The molecule has 1 rings (SSSR count). The van der Waals surface area contributed by atoms with Crippen LogP contribution in [0.5, 0.6) is 5.75 Å². The van der Waals surface area contributed by atoms with Crippen molar-refractivity contribution in [2.75, 3.05) is 12.8 Å². The minimum atomic E-state index is -0.274. The Labute approximate surface area is 95.8 Å². The van der Waals surface area contributed by atoms with Gasteiger partial charge >= 0.3 is 0 Å². The number of carbonyl (C=O) groups excluding carboxylic acids is 1. The number of amides is 1. The highest BCUT2D eigenvalue weighted by Gasteiger charge is 2.17. The number of nitrogens with one attached hydrogen (secondary N) is 1. The number of hydrogen-bond donors (Lipinski definition) is 2. The number of hydrogen-bond acceptors (Lipinski definition) is 3. The van der Waals surface area contributed by atoms with Crippen molar-refractivity contribution < 1.29 is 9.53 Å². The van der Waals surface area contributed by atoms with Gasteiger partial charge in [-0.25, -0.2) is 0 Å². The van der Waals surface area contributed by atoms with Crippen LogP contribution in [0.1, 0.15) is 31.1 Å². The number of rotatable bonds is 2. The van der Waals surface area contributed by atoms with Crippen molar-refractivity contribution in [2.45, 2.75) is 26.3 Å². The Kier molecular flexibility index (Phi) is 3.42. The van der Waals surface area contributed by atoms with Crippen LogP contribution in [-0.4, -0.2) is 18.6 Å². The van der Waals surface area contributed by atoms with Crippen molar-refractivity contribution in [2.24, 2.45) is 0 Å². The van der Waals surface area contributed by atoms with Crippen LogP contribution >= 0.6 is 0 Å². The molecule has 0 atom stereocenters. The molecule has 1 aromatic carbocycles. The zero-order valence-electron chi connectivity index (χ0n) is 10.1. The monoisotopic (exact) mass is 222 g/mol. The largest absolute Gasteiger partial charge is 0.497 e. The fraction of sp³-hybridized carbons (Fsp3) is 0.417. The van der Waals surface area contributed by atoms with Crippen molar-refractivity contribution in [1.82, 2.24) is 5.32 Å². The van der Waals surface area contributed by atoms with E-state index in [1.54, 1.807) is 25.3 Å². The van der Waals surface area contributed by atoms with Gasteiger partial charge in [-0.15, -0.1) is 0 Å². The summed E-state index contributed by atoms with van der Waals surface area (Å²) in [6.45, 7) is 5.76. The Hall–Kier alpha value is -1.71. The van der Waals surface area contributed by atoms with E-state index in [0.29, 0.717) is 17.0 Å². The molecule has 0 saturated heterocycles. The van der Waals surface area contributed by atoms with Crippen molar-refractivity contribution >= 4 is 11.6 Å². The maximum Gasteiger partial charge on any atom is 0.253 e. The van der Waals surface area contributed by atoms with E-state index in [0.717, 1.165) is 0 Å². The number of anilines is 1. The summed E-state index contributed by atoms with van der Waals surface area (Å²) in [6, 6.07) is 5.01. The zero-order valence-corrected chi connectivity index (χ0v) is 10.1. The summed E-state index contributed by atoms with van der Waals surface area (Å²) < 4.78 is 5.02. The summed E-state index contributed by atoms with van der Waals surface area (Å²) in [5, 5.41) is 2.85. The Bertz CT molecular complexity index is 394. The summed E-state index contributed by atoms with van der Waals surface area (Å²) in [5.74, 6) is 0.470. The Morgan fingerprint density at radius 3 is 2.44 bits per heavy atom. The predicted octanol–water partition coefficient (Wildman–Crippen LogP) is 1.81. The summed E-state index contributed by atoms with van der Waals surface area (Å²) >= 11 is 0. The topological polar surface area (TPSA) is 64.3 Å². The molecule has 0 aliphatic rings. The lowest BCUT2D eigenvalue weighted by Crippen LogP contribution is -2.40. The van der Waals surface area contributed by atoms with Crippen LogP contribution in [0.15, 0.2) is 18.2 Å². The predicted molar refractivity (Wildman–Crippen MR) is 64.6 cm³/mol. The van der Waals surface area contributed by atoms with Gasteiger partial charge < -0.3 is 15.8 Å². The van der Waals surface area contributed by atoms with E-state index in [1.165, 1.54) is 0 Å². The molecule has 0 aliphatic heterocycles. The average molecular weight is 222 g/mol. The molecule has 0 fully saturated rings. The first kappa shape index (κ1) is 12.4. The second-order valence-electron chi connectivity index (χ2n) is 4.66. The molecular formula is C12H18N2O2. The summed E-state index contributed by atoms with van der Waals surface area (Å²) in [4.78, 5) is 11.8. The first-order valence-electron chi connectivity index (χ1n) is 5.09. The van der Waals surface area contributed by atoms with E-state index in [1.807, 2.05) is 20.8 Å². The Morgan fingerprint density at radius 2 is 2.00 bits per heavy atom. The third kappa shape index (κ3) is 3.15. The van der Waals surface area contributed by atoms with Crippen LogP contribution in [0.3, 0.4) is 0 Å². The molecule has 3 N–H and O–H groups in total. The van der Waals surface area contributed by atoms with Gasteiger partial charge in [0.15, 0.2) is 0 Å². The fourth-order valence-corrected chi connectivity index (χ4v) is 1.28. The standard InChI is InChI=1S/C12H18N2O2/c1-12(2,3)14-11(15)9-6-5-8(16-4)7-10(9)13/h5-7H,13H2,1-4H3,(H,14,15). The van der Waals surface area contributed by atoms with Crippen LogP contribution in [0.4, 0.5) is 5.69 Å². The summed E-state index contributed by atoms with van der Waals surface area (Å²) in [6.07, 6.45) is 0. The van der Waals surface area contributed by atoms with E-state index >= 15 is 0 Å². The highest BCUT2D eigenvalue weighted by molar-refractivity contribution is 5.99. The molecule has 88 valence electrons. The number of ether oxygens (including phenoxy) is 1. The highest BCUT2D eigenvalue weighted by atomic mass is 16.5. The SMILES string of the molecule is COc1ccc(C(=O)NC(C)(C)C)c(N)c1. The first-order valence-corrected chi connectivity index (χ1v) is 5.09. The molecule has 0 saturated carbocycles. The summed E-state index contributed by atoms with van der Waals surface area (Å²) in [7, 11) is 1.56. The lowest BCUT2D eigenvalue weighted by Gasteiger charge is -2.21. The third-order valence-corrected chi connectivity index (χ3v) is 1.99. The molecule has 1 aromatic rings. The molecule has 0 aromatic heterocycles. The van der Waals surface area contributed by atoms with Gasteiger partial charge in [0.2, 0.25) is 0 Å². The number of carbonyl (C=O) groups is 1. The van der Waals surface area contributed by atoms with Crippen LogP contribution in [0, 0.1) is 0 Å². The number of nitrogen functional groups attached to an aromatic ring is 1. The highest BCUT2D eigenvalue weighted by Crippen LogP contribution is 2.20. The van der Waals surface area contributed by atoms with Crippen molar-refractivity contribution in [3.8, 4) is 5.75 Å². The molecule has 0 aliphatic carbocycles. The van der Waals surface area contributed by atoms with Gasteiger partial charge in [0.05, 0.1) is 12.7 Å². The molecule has 0 unspecified atom stereocenters. The van der Waals surface area contributed by atoms with Crippen molar-refractivity contribution in [1.29, 1.82) is 0 Å². The van der Waals surface area contributed by atoms with Gasteiger partial charge in [-0.1, -0.05) is 0 Å². The molecule has 0 spiro atoms. The molecular weight excluding hydrogens is 204 g/mol. The van der Waals surface area contributed by atoms with Gasteiger partial charge in [-0.3, -0.25) is 4.79 Å². The second-order valence-corrected chi connectivity index (χ2v) is 4.66. The van der Waals surface area contributed by atoms with Crippen molar-refractivity contribution in [3.05, 3.63) is 23.8 Å². The molecule has 4 heteroatoms. The minimum absolute atomic E-state index is 0.173. The van der Waals surface area contributed by atoms with Gasteiger partial charge in [-0.2, -0.15) is 0 Å². The first-order chi connectivity index (χ1) is 7.33. The lowest BCUT2D eigenvalue weighted by molar-refractivity contribution is 0.0920. The minimum Gasteiger partial charge on any atom is -0.497 e. The number of nitrogens with two attached hydrogens (primary N) is 1. The van der Waals surface area contributed by atoms with Crippen LogP contribution < -0.4 is 15.8 Å². The van der Waals surface area contributed by atoms with Gasteiger partial charge in [0.25, 0.3) is 5.91 Å². The number of methoxy groups -OCH3 is 1. The quantitative estimate of drug-likeness (QED) is 0.750. The normalized spacial score (nSPS) is 11.0. The smallest absolute Gasteiger partial charge is 0.253 e. The molecule has 1 amide bonds. The maximum absolute atomic E-state index is 11.8. The van der Waals surface area contributed by atoms with E-state index in [2.05, 4.69) is 5.32 Å². The van der Waals surface area contributed by atoms with Gasteiger partial charge in [0.1, 0.15) is 5.75 Å². The van der Waals surface area contributed by atoms with Crippen LogP contribution in [-0.2, 0) is 0 Å². The second kappa shape index (κ2) is 4.43. The number of benzene rings is 1. The maximum atomic E-state index is 11.8. The van der Waals surface area contributed by atoms with E-state index < -0.39 is 0 Å². The lowest BCUT2D eigenvalue weighted by atomic mass is 10.1. The zero-order chi connectivity index (χ0) is 12.3. The molecule has 0 heterocycles. The van der Waals surface area contributed by atoms with E-state index in [4.69, 9.17) is 10.5 Å². The molecule has 16 heavy (non-hydrogen) atoms. The van der Waals surface area contributed by atoms with E-state index in [-0.39, 0.29) is 11.4 Å². The van der Waals surface area contributed by atoms with Gasteiger partial charge in [0, 0.05) is 17.3 Å². The molecule has 0 radical (unpaired) electrons. The Morgan fingerprint density at radius 1 is 1.38 bits per heavy atom. The van der Waals surface area contributed by atoms with Crippen LogP contribution in [0.25, 0.3) is 0 Å². The van der Waals surface area contributed by atoms with Crippen LogP contribution in [0.2, 0.25) is 0 Å². The van der Waals surface area contributed by atoms with Gasteiger partial charge in [-0.05, 0) is 32.9 Å².